The maximum absolute atomic E-state index is 11.4. The molecule has 3 aromatic rings. The summed E-state index contributed by atoms with van der Waals surface area (Å²) in [6.45, 7) is 3.63. The van der Waals surface area contributed by atoms with Gasteiger partial charge in [0.1, 0.15) is 0 Å². The molecule has 0 radical (unpaired) electrons. The molecule has 1 aromatic heterocycles. The SMILES string of the molecule is Cc1noc([C@@H]2CCCN2Cc2ccc(-c3ccccc3C(=O)O)cc2)n1. The standard InChI is InChI=1S/C21H21N3O3/c1-14-22-20(27-23-14)19-7-4-12-24(19)13-15-8-10-16(11-9-15)17-5-2-3-6-18(17)21(25)26/h2-3,5-6,8-11,19H,4,7,12-13H2,1H3,(H,25,26)/t19-/m0/s1. The van der Waals surface area contributed by atoms with Crippen LogP contribution in [0.4, 0.5) is 0 Å². The van der Waals surface area contributed by atoms with Crippen molar-refractivity contribution in [2.24, 2.45) is 0 Å². The van der Waals surface area contributed by atoms with Gasteiger partial charge in [-0.1, -0.05) is 47.6 Å². The molecule has 1 atom stereocenters. The summed E-state index contributed by atoms with van der Waals surface area (Å²) in [6, 6.07) is 15.3. The summed E-state index contributed by atoms with van der Waals surface area (Å²) in [7, 11) is 0. The van der Waals surface area contributed by atoms with Crippen LogP contribution in [0.2, 0.25) is 0 Å². The van der Waals surface area contributed by atoms with Gasteiger partial charge in [0.05, 0.1) is 11.6 Å². The number of carbonyl (C=O) groups is 1. The third-order valence-corrected chi connectivity index (χ3v) is 5.00. The summed E-state index contributed by atoms with van der Waals surface area (Å²) in [5, 5.41) is 13.3. The Morgan fingerprint density at radius 1 is 1.22 bits per heavy atom. The van der Waals surface area contributed by atoms with Crippen molar-refractivity contribution >= 4 is 5.97 Å². The van der Waals surface area contributed by atoms with Crippen molar-refractivity contribution in [3.8, 4) is 11.1 Å². The van der Waals surface area contributed by atoms with Crippen LogP contribution in [0.15, 0.2) is 53.1 Å². The Bertz CT molecular complexity index is 949. The van der Waals surface area contributed by atoms with E-state index >= 15 is 0 Å². The molecule has 0 aliphatic carbocycles. The number of aromatic nitrogens is 2. The van der Waals surface area contributed by atoms with E-state index in [2.05, 4.69) is 27.2 Å². The molecule has 1 saturated heterocycles. The van der Waals surface area contributed by atoms with E-state index in [1.807, 2.05) is 31.2 Å². The first-order chi connectivity index (χ1) is 13.1. The largest absolute Gasteiger partial charge is 0.478 e. The Balaban J connectivity index is 1.52. The zero-order valence-corrected chi connectivity index (χ0v) is 15.1. The van der Waals surface area contributed by atoms with E-state index in [1.54, 1.807) is 12.1 Å². The van der Waals surface area contributed by atoms with E-state index < -0.39 is 5.97 Å². The van der Waals surface area contributed by atoms with Crippen LogP contribution in [-0.2, 0) is 6.54 Å². The van der Waals surface area contributed by atoms with Crippen LogP contribution >= 0.6 is 0 Å². The molecule has 2 heterocycles. The van der Waals surface area contributed by atoms with Gasteiger partial charge in [-0.05, 0) is 49.1 Å². The van der Waals surface area contributed by atoms with Crippen molar-refractivity contribution in [2.45, 2.75) is 32.4 Å². The molecule has 2 aromatic carbocycles. The van der Waals surface area contributed by atoms with Crippen molar-refractivity contribution < 1.29 is 14.4 Å². The molecule has 0 unspecified atom stereocenters. The van der Waals surface area contributed by atoms with Gasteiger partial charge >= 0.3 is 5.97 Å². The Morgan fingerprint density at radius 2 is 2.00 bits per heavy atom. The molecule has 6 heteroatoms. The molecule has 1 fully saturated rings. The summed E-state index contributed by atoms with van der Waals surface area (Å²) >= 11 is 0. The first kappa shape index (κ1) is 17.4. The fourth-order valence-electron chi connectivity index (χ4n) is 3.69. The van der Waals surface area contributed by atoms with Crippen LogP contribution in [0.25, 0.3) is 11.1 Å². The second-order valence-corrected chi connectivity index (χ2v) is 6.86. The van der Waals surface area contributed by atoms with Crippen LogP contribution in [0.5, 0.6) is 0 Å². The van der Waals surface area contributed by atoms with E-state index in [9.17, 15) is 9.90 Å². The number of nitrogens with zero attached hydrogens (tertiary/aromatic N) is 3. The van der Waals surface area contributed by atoms with Gasteiger partial charge in [0.2, 0.25) is 5.89 Å². The average Bonchev–Trinajstić information content (AvgIpc) is 3.31. The van der Waals surface area contributed by atoms with Gasteiger partial charge in [0.15, 0.2) is 5.82 Å². The number of likely N-dealkylation sites (tertiary alicyclic amines) is 1. The molecule has 0 bridgehead atoms. The lowest BCUT2D eigenvalue weighted by atomic mass is 9.98. The Kier molecular flexibility index (Phi) is 4.73. The number of carboxylic acids is 1. The zero-order valence-electron chi connectivity index (χ0n) is 15.1. The van der Waals surface area contributed by atoms with Gasteiger partial charge < -0.3 is 9.63 Å². The molecule has 4 rings (SSSR count). The second kappa shape index (κ2) is 7.32. The average molecular weight is 363 g/mol. The molecular formula is C21H21N3O3. The third kappa shape index (κ3) is 3.61. The topological polar surface area (TPSA) is 79.5 Å². The van der Waals surface area contributed by atoms with E-state index in [-0.39, 0.29) is 6.04 Å². The van der Waals surface area contributed by atoms with E-state index in [0.29, 0.717) is 17.3 Å². The minimum Gasteiger partial charge on any atom is -0.478 e. The Morgan fingerprint density at radius 3 is 2.70 bits per heavy atom. The minimum absolute atomic E-state index is 0.165. The maximum atomic E-state index is 11.4. The van der Waals surface area contributed by atoms with Crippen LogP contribution in [0.3, 0.4) is 0 Å². The molecule has 27 heavy (non-hydrogen) atoms. The van der Waals surface area contributed by atoms with Crippen molar-refractivity contribution in [1.82, 2.24) is 15.0 Å². The van der Waals surface area contributed by atoms with Crippen molar-refractivity contribution in [1.29, 1.82) is 0 Å². The van der Waals surface area contributed by atoms with Crippen molar-refractivity contribution in [3.63, 3.8) is 0 Å². The van der Waals surface area contributed by atoms with Gasteiger partial charge in [0, 0.05) is 6.54 Å². The summed E-state index contributed by atoms with van der Waals surface area (Å²) in [4.78, 5) is 18.2. The fourth-order valence-corrected chi connectivity index (χ4v) is 3.69. The second-order valence-electron chi connectivity index (χ2n) is 6.86. The lowest BCUT2D eigenvalue weighted by Gasteiger charge is -2.21. The highest BCUT2D eigenvalue weighted by Crippen LogP contribution is 2.32. The van der Waals surface area contributed by atoms with Gasteiger partial charge in [-0.3, -0.25) is 4.90 Å². The van der Waals surface area contributed by atoms with Gasteiger partial charge in [-0.2, -0.15) is 4.98 Å². The summed E-state index contributed by atoms with van der Waals surface area (Å²) in [5.41, 5.74) is 3.13. The molecule has 1 N–H and O–H groups in total. The highest BCUT2D eigenvalue weighted by molar-refractivity contribution is 5.95. The molecule has 1 aliphatic heterocycles. The normalized spacial score (nSPS) is 17.3. The Hall–Kier alpha value is -2.99. The van der Waals surface area contributed by atoms with Gasteiger partial charge in [0.25, 0.3) is 0 Å². The lowest BCUT2D eigenvalue weighted by Crippen LogP contribution is -2.23. The summed E-state index contributed by atoms with van der Waals surface area (Å²) < 4.78 is 5.37. The molecule has 138 valence electrons. The first-order valence-electron chi connectivity index (χ1n) is 9.08. The molecule has 1 aliphatic rings. The quantitative estimate of drug-likeness (QED) is 0.736. The van der Waals surface area contributed by atoms with E-state index in [4.69, 9.17) is 4.52 Å². The summed E-state index contributed by atoms with van der Waals surface area (Å²) in [6.07, 6.45) is 2.13. The molecule has 0 spiro atoms. The molecular weight excluding hydrogens is 342 g/mol. The number of hydrogen-bond donors (Lipinski definition) is 1. The fraction of sp³-hybridized carbons (Fsp3) is 0.286. The highest BCUT2D eigenvalue weighted by atomic mass is 16.5. The van der Waals surface area contributed by atoms with Crippen LogP contribution in [0, 0.1) is 6.92 Å². The van der Waals surface area contributed by atoms with E-state index in [1.165, 1.54) is 5.56 Å². The first-order valence-corrected chi connectivity index (χ1v) is 9.08. The number of aromatic carboxylic acids is 1. The van der Waals surface area contributed by atoms with E-state index in [0.717, 1.165) is 37.1 Å². The van der Waals surface area contributed by atoms with Crippen LogP contribution in [0.1, 0.15) is 46.5 Å². The predicted octanol–water partition coefficient (Wildman–Crippen LogP) is 4.08. The lowest BCUT2D eigenvalue weighted by molar-refractivity contribution is 0.0697. The summed E-state index contributed by atoms with van der Waals surface area (Å²) in [5.74, 6) is 0.444. The zero-order chi connectivity index (χ0) is 18.8. The predicted molar refractivity (Wildman–Crippen MR) is 100 cm³/mol. The van der Waals surface area contributed by atoms with Gasteiger partial charge in [-0.25, -0.2) is 4.79 Å². The highest BCUT2D eigenvalue weighted by Gasteiger charge is 2.30. The number of carboxylic acid groups (broad SMARTS) is 1. The maximum Gasteiger partial charge on any atom is 0.336 e. The van der Waals surface area contributed by atoms with Crippen LogP contribution < -0.4 is 0 Å². The van der Waals surface area contributed by atoms with Crippen molar-refractivity contribution in [2.75, 3.05) is 6.54 Å². The number of aryl methyl sites for hydroxylation is 1. The number of benzene rings is 2. The molecule has 0 saturated carbocycles. The Labute approximate surface area is 157 Å². The number of rotatable bonds is 5. The molecule has 0 amide bonds. The third-order valence-electron chi connectivity index (χ3n) is 5.00. The smallest absolute Gasteiger partial charge is 0.336 e. The number of hydrogen-bond acceptors (Lipinski definition) is 5. The van der Waals surface area contributed by atoms with Crippen molar-refractivity contribution in [3.05, 3.63) is 71.4 Å². The van der Waals surface area contributed by atoms with Gasteiger partial charge in [-0.15, -0.1) is 0 Å². The molecule has 6 nitrogen and oxygen atoms in total. The monoisotopic (exact) mass is 363 g/mol. The van der Waals surface area contributed by atoms with Crippen LogP contribution in [-0.4, -0.2) is 32.7 Å². The minimum atomic E-state index is -0.913.